The Hall–Kier alpha value is -0.0400. The van der Waals surface area contributed by atoms with Crippen LogP contribution in [0.3, 0.4) is 0 Å². The molecular weight excluding hydrogens is 170 g/mol. The maximum absolute atomic E-state index is 2.59. The maximum atomic E-state index is 2.59. The van der Waals surface area contributed by atoms with E-state index >= 15 is 0 Å². The highest BCUT2D eigenvalue weighted by molar-refractivity contribution is 4.66. The smallest absolute Gasteiger partial charge is 0.00412 e. The van der Waals surface area contributed by atoms with Gasteiger partial charge in [-0.3, -0.25) is 4.90 Å². The molecule has 0 spiro atoms. The number of unbranched alkanes of at least 4 members (excludes halogenated alkanes) is 4. The Morgan fingerprint density at radius 2 is 1.29 bits per heavy atom. The highest BCUT2D eigenvalue weighted by Gasteiger charge is 2.11. The molecule has 0 aromatic carbocycles. The van der Waals surface area contributed by atoms with E-state index in [1.165, 1.54) is 38.6 Å². The summed E-state index contributed by atoms with van der Waals surface area (Å²) in [7, 11) is 0. The van der Waals surface area contributed by atoms with Crippen molar-refractivity contribution in [1.29, 1.82) is 0 Å². The molecule has 0 saturated heterocycles. The van der Waals surface area contributed by atoms with Gasteiger partial charge in [-0.2, -0.15) is 0 Å². The minimum absolute atomic E-state index is 0.696. The van der Waals surface area contributed by atoms with E-state index in [4.69, 9.17) is 0 Å². The molecule has 0 amide bonds. The summed E-state index contributed by atoms with van der Waals surface area (Å²) in [5.74, 6) is 0. The van der Waals surface area contributed by atoms with Crippen molar-refractivity contribution in [3.05, 3.63) is 0 Å². The third-order valence-corrected chi connectivity index (χ3v) is 2.85. The Morgan fingerprint density at radius 1 is 0.786 bits per heavy atom. The fourth-order valence-electron chi connectivity index (χ4n) is 2.01. The molecule has 0 atom stereocenters. The minimum Gasteiger partial charge on any atom is -0.299 e. The Balaban J connectivity index is 3.52. The maximum Gasteiger partial charge on any atom is 0.00412 e. The molecule has 0 aromatic heterocycles. The van der Waals surface area contributed by atoms with Crippen molar-refractivity contribution < 1.29 is 0 Å². The van der Waals surface area contributed by atoms with Crippen molar-refractivity contribution in [2.75, 3.05) is 6.54 Å². The van der Waals surface area contributed by atoms with Gasteiger partial charge in [-0.05, 0) is 40.7 Å². The van der Waals surface area contributed by atoms with E-state index in [0.717, 1.165) is 0 Å². The van der Waals surface area contributed by atoms with E-state index in [1.807, 2.05) is 0 Å². The summed E-state index contributed by atoms with van der Waals surface area (Å²) in [6.07, 6.45) is 6.95. The van der Waals surface area contributed by atoms with E-state index in [0.29, 0.717) is 12.1 Å². The first-order chi connectivity index (χ1) is 6.59. The molecule has 86 valence electrons. The van der Waals surface area contributed by atoms with Crippen molar-refractivity contribution >= 4 is 0 Å². The van der Waals surface area contributed by atoms with Gasteiger partial charge in [0.15, 0.2) is 0 Å². The highest BCUT2D eigenvalue weighted by Crippen LogP contribution is 2.09. The lowest BCUT2D eigenvalue weighted by Gasteiger charge is -2.30. The van der Waals surface area contributed by atoms with Crippen LogP contribution in [0.2, 0.25) is 0 Å². The number of nitrogens with zero attached hydrogens (tertiary/aromatic N) is 1. The zero-order valence-corrected chi connectivity index (χ0v) is 10.8. The van der Waals surface area contributed by atoms with Crippen molar-refractivity contribution in [3.8, 4) is 0 Å². The topological polar surface area (TPSA) is 3.24 Å². The lowest BCUT2D eigenvalue weighted by molar-refractivity contribution is 0.171. The van der Waals surface area contributed by atoms with Crippen molar-refractivity contribution in [1.82, 2.24) is 4.90 Å². The van der Waals surface area contributed by atoms with Gasteiger partial charge in [0.05, 0.1) is 0 Å². The number of hydrogen-bond acceptors (Lipinski definition) is 1. The molecule has 14 heavy (non-hydrogen) atoms. The Morgan fingerprint density at radius 3 is 1.71 bits per heavy atom. The second-order valence-electron chi connectivity index (χ2n) is 4.84. The summed E-state index contributed by atoms with van der Waals surface area (Å²) < 4.78 is 0. The molecular formula is C13H29N. The van der Waals surface area contributed by atoms with Crippen LogP contribution in [0.15, 0.2) is 0 Å². The molecule has 0 aliphatic carbocycles. The number of hydrogen-bond donors (Lipinski definition) is 0. The van der Waals surface area contributed by atoms with Crippen molar-refractivity contribution in [2.45, 2.75) is 78.8 Å². The minimum atomic E-state index is 0.696. The van der Waals surface area contributed by atoms with Crippen LogP contribution in [-0.2, 0) is 0 Å². The molecule has 0 aliphatic heterocycles. The summed E-state index contributed by atoms with van der Waals surface area (Å²) in [5.41, 5.74) is 0. The molecule has 0 aromatic rings. The van der Waals surface area contributed by atoms with Crippen LogP contribution in [0.25, 0.3) is 0 Å². The molecule has 1 heteroatoms. The quantitative estimate of drug-likeness (QED) is 0.533. The van der Waals surface area contributed by atoms with Gasteiger partial charge < -0.3 is 0 Å². The van der Waals surface area contributed by atoms with E-state index in [-0.39, 0.29) is 0 Å². The molecule has 0 heterocycles. The van der Waals surface area contributed by atoms with Gasteiger partial charge in [0, 0.05) is 12.1 Å². The van der Waals surface area contributed by atoms with Crippen LogP contribution in [0.5, 0.6) is 0 Å². The molecule has 0 aliphatic rings. The predicted octanol–water partition coefficient (Wildman–Crippen LogP) is 4.08. The van der Waals surface area contributed by atoms with E-state index in [9.17, 15) is 0 Å². The van der Waals surface area contributed by atoms with Crippen molar-refractivity contribution in [2.24, 2.45) is 0 Å². The molecule has 0 N–H and O–H groups in total. The predicted molar refractivity (Wildman–Crippen MR) is 65.7 cm³/mol. The second-order valence-corrected chi connectivity index (χ2v) is 4.84. The zero-order chi connectivity index (χ0) is 11.0. The van der Waals surface area contributed by atoms with Crippen LogP contribution in [0.4, 0.5) is 0 Å². The van der Waals surface area contributed by atoms with Crippen LogP contribution < -0.4 is 0 Å². The van der Waals surface area contributed by atoms with E-state index < -0.39 is 0 Å². The van der Waals surface area contributed by atoms with Crippen molar-refractivity contribution in [3.63, 3.8) is 0 Å². The summed E-state index contributed by atoms with van der Waals surface area (Å²) in [6.45, 7) is 12.7. The Labute approximate surface area is 90.9 Å². The van der Waals surface area contributed by atoms with Crippen LogP contribution >= 0.6 is 0 Å². The fraction of sp³-hybridized carbons (Fsp3) is 1.00. The molecule has 0 unspecified atom stereocenters. The van der Waals surface area contributed by atoms with Crippen LogP contribution in [0, 0.1) is 0 Å². The average molecular weight is 199 g/mol. The number of rotatable bonds is 8. The first-order valence-electron chi connectivity index (χ1n) is 6.35. The van der Waals surface area contributed by atoms with Gasteiger partial charge in [-0.15, -0.1) is 0 Å². The normalized spacial score (nSPS) is 12.0. The second kappa shape index (κ2) is 8.28. The molecule has 0 saturated carbocycles. The highest BCUT2D eigenvalue weighted by atomic mass is 15.2. The van der Waals surface area contributed by atoms with Gasteiger partial charge in [-0.25, -0.2) is 0 Å². The third kappa shape index (κ3) is 6.42. The molecule has 0 fully saturated rings. The molecule has 0 radical (unpaired) electrons. The lowest BCUT2D eigenvalue weighted by atomic mass is 10.1. The van der Waals surface area contributed by atoms with Gasteiger partial charge in [0.25, 0.3) is 0 Å². The zero-order valence-electron chi connectivity index (χ0n) is 10.8. The lowest BCUT2D eigenvalue weighted by Crippen LogP contribution is -2.37. The first-order valence-corrected chi connectivity index (χ1v) is 6.35. The van der Waals surface area contributed by atoms with Gasteiger partial charge in [0.2, 0.25) is 0 Å². The first kappa shape index (κ1) is 14.0. The summed E-state index contributed by atoms with van der Waals surface area (Å²) in [5, 5.41) is 0. The van der Waals surface area contributed by atoms with Gasteiger partial charge in [-0.1, -0.05) is 32.6 Å². The Kier molecular flexibility index (Phi) is 8.26. The average Bonchev–Trinajstić information content (AvgIpc) is 2.09. The monoisotopic (exact) mass is 199 g/mol. The largest absolute Gasteiger partial charge is 0.299 e. The Bertz CT molecular complexity index is 110. The molecule has 1 nitrogen and oxygen atoms in total. The van der Waals surface area contributed by atoms with Gasteiger partial charge >= 0.3 is 0 Å². The summed E-state index contributed by atoms with van der Waals surface area (Å²) in [6, 6.07) is 1.39. The molecule has 0 bridgehead atoms. The van der Waals surface area contributed by atoms with Crippen LogP contribution in [-0.4, -0.2) is 23.5 Å². The molecule has 0 rings (SSSR count). The van der Waals surface area contributed by atoms with E-state index in [1.54, 1.807) is 0 Å². The fourth-order valence-corrected chi connectivity index (χ4v) is 2.01. The summed E-state index contributed by atoms with van der Waals surface area (Å²) >= 11 is 0. The van der Waals surface area contributed by atoms with E-state index in [2.05, 4.69) is 39.5 Å². The van der Waals surface area contributed by atoms with Crippen LogP contribution in [0.1, 0.15) is 66.7 Å². The standard InChI is InChI=1S/C13H29N/c1-6-7-8-9-10-11-14(12(2)3)13(4)5/h12-13H,6-11H2,1-5H3. The summed E-state index contributed by atoms with van der Waals surface area (Å²) in [4.78, 5) is 2.59. The van der Waals surface area contributed by atoms with Gasteiger partial charge in [0.1, 0.15) is 0 Å². The SMILES string of the molecule is CCCCCCCN(C(C)C)C(C)C. The third-order valence-electron chi connectivity index (χ3n) is 2.85.